The molecule has 0 bridgehead atoms. The predicted octanol–water partition coefficient (Wildman–Crippen LogP) is 3.69. The molecular weight excluding hydrogens is 288 g/mol. The Morgan fingerprint density at radius 1 is 1.26 bits per heavy atom. The van der Waals surface area contributed by atoms with Crippen molar-refractivity contribution < 1.29 is 9.21 Å². The van der Waals surface area contributed by atoms with Crippen molar-refractivity contribution >= 4 is 16.9 Å². The van der Waals surface area contributed by atoms with Crippen LogP contribution in [0.5, 0.6) is 0 Å². The first-order chi connectivity index (χ1) is 11.1. The highest BCUT2D eigenvalue weighted by molar-refractivity contribution is 5.79. The van der Waals surface area contributed by atoms with E-state index in [0.717, 1.165) is 29.6 Å². The Morgan fingerprint density at radius 2 is 2.00 bits per heavy atom. The maximum absolute atomic E-state index is 12.6. The fraction of sp³-hybridized carbons (Fsp3) is 0.526. The van der Waals surface area contributed by atoms with Crippen molar-refractivity contribution in [2.45, 2.75) is 45.1 Å². The Balaban J connectivity index is 1.64. The summed E-state index contributed by atoms with van der Waals surface area (Å²) < 4.78 is 5.81. The molecule has 23 heavy (non-hydrogen) atoms. The van der Waals surface area contributed by atoms with Gasteiger partial charge in [0.15, 0.2) is 0 Å². The first kappa shape index (κ1) is 16.1. The van der Waals surface area contributed by atoms with Gasteiger partial charge in [-0.3, -0.25) is 4.79 Å². The van der Waals surface area contributed by atoms with E-state index in [2.05, 4.69) is 0 Å². The summed E-state index contributed by atoms with van der Waals surface area (Å²) in [7, 11) is 1.85. The lowest BCUT2D eigenvalue weighted by Gasteiger charge is -2.36. The van der Waals surface area contributed by atoms with Gasteiger partial charge in [-0.15, -0.1) is 0 Å². The fourth-order valence-corrected chi connectivity index (χ4v) is 3.65. The molecule has 1 amide bonds. The number of fused-ring (bicyclic) bond motifs is 1. The van der Waals surface area contributed by atoms with Crippen LogP contribution in [0.3, 0.4) is 0 Å². The van der Waals surface area contributed by atoms with E-state index >= 15 is 0 Å². The molecule has 1 aliphatic rings. The number of carbonyl (C=O) groups is 1. The second-order valence-electron chi connectivity index (χ2n) is 6.94. The van der Waals surface area contributed by atoms with Crippen LogP contribution < -0.4 is 5.73 Å². The van der Waals surface area contributed by atoms with Gasteiger partial charge in [0.1, 0.15) is 11.3 Å². The Bertz CT molecular complexity index is 638. The summed E-state index contributed by atoms with van der Waals surface area (Å²) in [6, 6.07) is 9.93. The number of amides is 1. The lowest BCUT2D eigenvalue weighted by atomic mass is 9.71. The van der Waals surface area contributed by atoms with Crippen molar-refractivity contribution in [2.75, 3.05) is 13.6 Å². The van der Waals surface area contributed by atoms with Crippen molar-refractivity contribution in [3.8, 4) is 0 Å². The number of nitrogens with two attached hydrogens (primary N) is 1. The van der Waals surface area contributed by atoms with Gasteiger partial charge in [0.05, 0.1) is 6.54 Å². The standard InChI is InChI=1S/C19H26N2O2/c1-21(13-16-11-15-7-3-4-8-17(15)23-16)18(22)12-19(14-20)9-5-2-6-10-19/h3-4,7-8,11H,2,5-6,9-10,12-14,20H2,1H3. The van der Waals surface area contributed by atoms with Crippen LogP contribution >= 0.6 is 0 Å². The van der Waals surface area contributed by atoms with Gasteiger partial charge in [-0.05, 0) is 36.9 Å². The molecule has 3 rings (SSSR count). The van der Waals surface area contributed by atoms with Gasteiger partial charge in [-0.25, -0.2) is 0 Å². The van der Waals surface area contributed by atoms with E-state index in [-0.39, 0.29) is 11.3 Å². The van der Waals surface area contributed by atoms with Crippen LogP contribution in [0.25, 0.3) is 11.0 Å². The molecule has 1 saturated carbocycles. The molecule has 1 aromatic heterocycles. The smallest absolute Gasteiger partial charge is 0.223 e. The highest BCUT2D eigenvalue weighted by Crippen LogP contribution is 2.38. The minimum absolute atomic E-state index is 0.0114. The van der Waals surface area contributed by atoms with Gasteiger partial charge in [0, 0.05) is 18.9 Å². The molecule has 0 unspecified atom stereocenters. The molecule has 2 aromatic rings. The summed E-state index contributed by atoms with van der Waals surface area (Å²) in [4.78, 5) is 14.4. The average Bonchev–Trinajstić information content (AvgIpc) is 2.97. The molecule has 1 heterocycles. The molecule has 4 nitrogen and oxygen atoms in total. The zero-order valence-electron chi connectivity index (χ0n) is 13.9. The second kappa shape index (κ2) is 6.75. The van der Waals surface area contributed by atoms with Gasteiger partial charge in [-0.1, -0.05) is 37.5 Å². The zero-order chi connectivity index (χ0) is 16.3. The van der Waals surface area contributed by atoms with Gasteiger partial charge in [-0.2, -0.15) is 0 Å². The van der Waals surface area contributed by atoms with Crippen molar-refractivity contribution in [1.82, 2.24) is 4.90 Å². The van der Waals surface area contributed by atoms with Gasteiger partial charge in [0.25, 0.3) is 0 Å². The Hall–Kier alpha value is -1.81. The van der Waals surface area contributed by atoms with Crippen LogP contribution in [0.4, 0.5) is 0 Å². The number of carbonyl (C=O) groups excluding carboxylic acids is 1. The predicted molar refractivity (Wildman–Crippen MR) is 91.9 cm³/mol. The third-order valence-electron chi connectivity index (χ3n) is 5.17. The van der Waals surface area contributed by atoms with Crippen molar-refractivity contribution in [1.29, 1.82) is 0 Å². The SMILES string of the molecule is CN(Cc1cc2ccccc2o1)C(=O)CC1(CN)CCCCC1. The van der Waals surface area contributed by atoms with Crippen LogP contribution in [0.1, 0.15) is 44.3 Å². The lowest BCUT2D eigenvalue weighted by molar-refractivity contribution is -0.133. The summed E-state index contributed by atoms with van der Waals surface area (Å²) in [5, 5.41) is 1.08. The number of nitrogens with zero attached hydrogens (tertiary/aromatic N) is 1. The van der Waals surface area contributed by atoms with E-state index in [0.29, 0.717) is 19.5 Å². The molecule has 4 heteroatoms. The van der Waals surface area contributed by atoms with Crippen LogP contribution in [0.15, 0.2) is 34.7 Å². The van der Waals surface area contributed by atoms with Crippen LogP contribution in [-0.2, 0) is 11.3 Å². The molecule has 0 spiro atoms. The number of hydrogen-bond acceptors (Lipinski definition) is 3. The lowest BCUT2D eigenvalue weighted by Crippen LogP contribution is -2.39. The third kappa shape index (κ3) is 3.58. The molecule has 1 aromatic carbocycles. The average molecular weight is 314 g/mol. The third-order valence-corrected chi connectivity index (χ3v) is 5.17. The Kier molecular flexibility index (Phi) is 4.71. The summed E-state index contributed by atoms with van der Waals surface area (Å²) in [6.07, 6.45) is 6.36. The van der Waals surface area contributed by atoms with Crippen LogP contribution in [-0.4, -0.2) is 24.4 Å². The van der Waals surface area contributed by atoms with E-state index in [1.165, 1.54) is 19.3 Å². The Labute approximate surface area is 137 Å². The molecule has 0 aliphatic heterocycles. The van der Waals surface area contributed by atoms with E-state index in [4.69, 9.17) is 10.2 Å². The highest BCUT2D eigenvalue weighted by atomic mass is 16.3. The molecule has 1 fully saturated rings. The maximum atomic E-state index is 12.6. The minimum Gasteiger partial charge on any atom is -0.459 e. The van der Waals surface area contributed by atoms with Crippen molar-refractivity contribution in [2.24, 2.45) is 11.1 Å². The summed E-state index contributed by atoms with van der Waals surface area (Å²) in [5.74, 6) is 0.991. The molecule has 0 atom stereocenters. The van der Waals surface area contributed by atoms with Crippen LogP contribution in [0, 0.1) is 5.41 Å². The molecule has 0 saturated heterocycles. The molecular formula is C19H26N2O2. The van der Waals surface area contributed by atoms with E-state index in [9.17, 15) is 4.79 Å². The zero-order valence-corrected chi connectivity index (χ0v) is 13.9. The molecule has 2 N–H and O–H groups in total. The fourth-order valence-electron chi connectivity index (χ4n) is 3.65. The van der Waals surface area contributed by atoms with E-state index < -0.39 is 0 Å². The monoisotopic (exact) mass is 314 g/mol. The molecule has 124 valence electrons. The molecule has 1 aliphatic carbocycles. The summed E-state index contributed by atoms with van der Waals surface area (Å²) >= 11 is 0. The highest BCUT2D eigenvalue weighted by Gasteiger charge is 2.33. The molecule has 0 radical (unpaired) electrons. The maximum Gasteiger partial charge on any atom is 0.223 e. The van der Waals surface area contributed by atoms with Crippen molar-refractivity contribution in [3.05, 3.63) is 36.1 Å². The van der Waals surface area contributed by atoms with Gasteiger partial charge in [0.2, 0.25) is 5.91 Å². The number of benzene rings is 1. The van der Waals surface area contributed by atoms with Crippen LogP contribution in [0.2, 0.25) is 0 Å². The minimum atomic E-state index is 0.0114. The van der Waals surface area contributed by atoms with E-state index in [1.807, 2.05) is 37.4 Å². The first-order valence-electron chi connectivity index (χ1n) is 8.53. The Morgan fingerprint density at radius 3 is 2.70 bits per heavy atom. The number of furan rings is 1. The number of rotatable bonds is 5. The largest absolute Gasteiger partial charge is 0.459 e. The topological polar surface area (TPSA) is 59.5 Å². The number of hydrogen-bond donors (Lipinski definition) is 1. The first-order valence-corrected chi connectivity index (χ1v) is 8.53. The van der Waals surface area contributed by atoms with Gasteiger partial charge >= 0.3 is 0 Å². The van der Waals surface area contributed by atoms with Gasteiger partial charge < -0.3 is 15.1 Å². The number of para-hydroxylation sites is 1. The normalized spacial score (nSPS) is 17.3. The summed E-state index contributed by atoms with van der Waals surface area (Å²) in [6.45, 7) is 1.12. The second-order valence-corrected chi connectivity index (χ2v) is 6.94. The quantitative estimate of drug-likeness (QED) is 0.915. The summed E-state index contributed by atoms with van der Waals surface area (Å²) in [5.41, 5.74) is 6.88. The van der Waals surface area contributed by atoms with Crippen molar-refractivity contribution in [3.63, 3.8) is 0 Å². The van der Waals surface area contributed by atoms with E-state index in [1.54, 1.807) is 4.90 Å².